The summed E-state index contributed by atoms with van der Waals surface area (Å²) in [5.41, 5.74) is 1.53. The summed E-state index contributed by atoms with van der Waals surface area (Å²) >= 11 is 0. The van der Waals surface area contributed by atoms with Crippen LogP contribution in [0.3, 0.4) is 0 Å². The Labute approximate surface area is 176 Å². The largest absolute Gasteiger partial charge is 0.465 e. The minimum atomic E-state index is -0.807. The quantitative estimate of drug-likeness (QED) is 0.241. The van der Waals surface area contributed by atoms with Crippen molar-refractivity contribution in [3.05, 3.63) is 81.7 Å². The second-order valence-electron chi connectivity index (χ2n) is 6.28. The van der Waals surface area contributed by atoms with Gasteiger partial charge in [-0.15, -0.1) is 10.2 Å². The predicted octanol–water partition coefficient (Wildman–Crippen LogP) is 3.75. The van der Waals surface area contributed by atoms with Crippen molar-refractivity contribution in [3.8, 4) is 11.5 Å². The molecule has 3 rings (SSSR count). The van der Waals surface area contributed by atoms with Gasteiger partial charge < -0.3 is 13.9 Å². The summed E-state index contributed by atoms with van der Waals surface area (Å²) in [6, 6.07) is 12.1. The normalized spacial score (nSPS) is 11.8. The third-order valence-electron chi connectivity index (χ3n) is 4.15. The van der Waals surface area contributed by atoms with Gasteiger partial charge in [0.1, 0.15) is 0 Å². The van der Waals surface area contributed by atoms with Gasteiger partial charge in [0.05, 0.1) is 17.6 Å². The van der Waals surface area contributed by atoms with E-state index in [1.165, 1.54) is 43.5 Å². The van der Waals surface area contributed by atoms with Crippen molar-refractivity contribution in [2.75, 3.05) is 7.11 Å². The van der Waals surface area contributed by atoms with Crippen LogP contribution in [-0.2, 0) is 14.3 Å². The van der Waals surface area contributed by atoms with E-state index in [9.17, 15) is 19.7 Å². The fraction of sp³-hybridized carbons (Fsp3) is 0.143. The van der Waals surface area contributed by atoms with Crippen molar-refractivity contribution in [1.82, 2.24) is 10.2 Å². The van der Waals surface area contributed by atoms with Crippen LogP contribution in [0.4, 0.5) is 5.69 Å². The third-order valence-corrected chi connectivity index (χ3v) is 4.15. The SMILES string of the molecule is COC(=O)c1ccc(/C=C/C(=O)OC(C)c2nnc(-c3ccc([N+](=O)[O-])cc3)o2)cc1. The first-order chi connectivity index (χ1) is 14.9. The lowest BCUT2D eigenvalue weighted by Gasteiger charge is -2.06. The summed E-state index contributed by atoms with van der Waals surface area (Å²) in [7, 11) is 1.30. The predicted molar refractivity (Wildman–Crippen MR) is 108 cm³/mol. The molecule has 1 unspecified atom stereocenters. The van der Waals surface area contributed by atoms with Crippen LogP contribution in [0, 0.1) is 10.1 Å². The van der Waals surface area contributed by atoms with Gasteiger partial charge in [0.2, 0.25) is 5.89 Å². The van der Waals surface area contributed by atoms with Gasteiger partial charge in [-0.05, 0) is 42.8 Å². The standard InChI is InChI=1S/C21H17N3O7/c1-13(19-22-23-20(31-19)15-8-10-17(11-9-15)24(27)28)30-18(25)12-5-14-3-6-16(7-4-14)21(26)29-2/h3-13H,1-2H3/b12-5+. The second kappa shape index (κ2) is 9.44. The van der Waals surface area contributed by atoms with E-state index >= 15 is 0 Å². The number of hydrogen-bond acceptors (Lipinski definition) is 9. The maximum Gasteiger partial charge on any atom is 0.337 e. The van der Waals surface area contributed by atoms with E-state index in [0.29, 0.717) is 16.7 Å². The number of non-ortho nitro benzene ring substituents is 1. The van der Waals surface area contributed by atoms with Crippen molar-refractivity contribution in [1.29, 1.82) is 0 Å². The summed E-state index contributed by atoms with van der Waals surface area (Å²) in [6.45, 7) is 1.57. The number of nitrogens with zero attached hydrogens (tertiary/aromatic N) is 3. The first kappa shape index (κ1) is 21.4. The van der Waals surface area contributed by atoms with Gasteiger partial charge >= 0.3 is 11.9 Å². The number of rotatable bonds is 7. The summed E-state index contributed by atoms with van der Waals surface area (Å²) < 4.78 is 15.4. The fourth-order valence-electron chi connectivity index (χ4n) is 2.52. The molecule has 31 heavy (non-hydrogen) atoms. The molecular formula is C21H17N3O7. The lowest BCUT2D eigenvalue weighted by atomic mass is 10.1. The van der Waals surface area contributed by atoms with E-state index < -0.39 is 23.0 Å². The van der Waals surface area contributed by atoms with Crippen LogP contribution in [0.5, 0.6) is 0 Å². The van der Waals surface area contributed by atoms with E-state index in [1.807, 2.05) is 0 Å². The van der Waals surface area contributed by atoms with Crippen LogP contribution in [0.2, 0.25) is 0 Å². The van der Waals surface area contributed by atoms with Gasteiger partial charge in [0.25, 0.3) is 11.6 Å². The molecule has 0 saturated heterocycles. The average molecular weight is 423 g/mol. The molecule has 3 aromatic rings. The average Bonchev–Trinajstić information content (AvgIpc) is 3.28. The molecule has 10 nitrogen and oxygen atoms in total. The smallest absolute Gasteiger partial charge is 0.337 e. The highest BCUT2D eigenvalue weighted by Crippen LogP contribution is 2.24. The number of carbonyl (C=O) groups excluding carboxylic acids is 2. The van der Waals surface area contributed by atoms with Gasteiger partial charge in [0.15, 0.2) is 6.10 Å². The van der Waals surface area contributed by atoms with Crippen LogP contribution in [0.25, 0.3) is 17.5 Å². The monoisotopic (exact) mass is 423 g/mol. The lowest BCUT2D eigenvalue weighted by molar-refractivity contribution is -0.384. The Hall–Kier alpha value is -4.34. The summed E-state index contributed by atoms with van der Waals surface area (Å²) in [6.07, 6.45) is 1.96. The topological polar surface area (TPSA) is 135 Å². The van der Waals surface area contributed by atoms with Gasteiger partial charge in [0, 0.05) is 23.8 Å². The first-order valence-electron chi connectivity index (χ1n) is 9.02. The van der Waals surface area contributed by atoms with Gasteiger partial charge in [-0.3, -0.25) is 10.1 Å². The molecule has 2 aromatic carbocycles. The molecule has 0 saturated carbocycles. The lowest BCUT2D eigenvalue weighted by Crippen LogP contribution is -2.06. The zero-order valence-corrected chi connectivity index (χ0v) is 16.6. The molecule has 0 aliphatic carbocycles. The zero-order valence-electron chi connectivity index (χ0n) is 16.6. The minimum absolute atomic E-state index is 0.0579. The van der Waals surface area contributed by atoms with Gasteiger partial charge in [-0.25, -0.2) is 9.59 Å². The molecule has 0 radical (unpaired) electrons. The second-order valence-corrected chi connectivity index (χ2v) is 6.28. The third kappa shape index (κ3) is 5.38. The number of aromatic nitrogens is 2. The minimum Gasteiger partial charge on any atom is -0.465 e. The van der Waals surface area contributed by atoms with Crippen LogP contribution < -0.4 is 0 Å². The molecule has 0 bridgehead atoms. The zero-order chi connectivity index (χ0) is 22.4. The van der Waals surface area contributed by atoms with E-state index in [4.69, 9.17) is 9.15 Å². The maximum absolute atomic E-state index is 12.1. The van der Waals surface area contributed by atoms with Crippen LogP contribution in [0.15, 0.2) is 59.0 Å². The summed E-state index contributed by atoms with van der Waals surface area (Å²) in [5, 5.41) is 18.5. The molecule has 1 atom stereocenters. The number of methoxy groups -OCH3 is 1. The number of esters is 2. The van der Waals surface area contributed by atoms with E-state index in [0.717, 1.165) is 0 Å². The molecule has 0 fully saturated rings. The van der Waals surface area contributed by atoms with E-state index in [-0.39, 0.29) is 17.5 Å². The Morgan fingerprint density at radius 3 is 2.39 bits per heavy atom. The number of nitro benzene ring substituents is 1. The number of hydrogen-bond donors (Lipinski definition) is 0. The molecule has 1 heterocycles. The van der Waals surface area contributed by atoms with Crippen molar-refractivity contribution >= 4 is 23.7 Å². The molecular weight excluding hydrogens is 406 g/mol. The number of benzene rings is 2. The molecule has 0 spiro atoms. The Balaban J connectivity index is 1.60. The van der Waals surface area contributed by atoms with Crippen molar-refractivity contribution in [2.45, 2.75) is 13.0 Å². The molecule has 0 aliphatic rings. The van der Waals surface area contributed by atoms with Crippen molar-refractivity contribution in [2.24, 2.45) is 0 Å². The van der Waals surface area contributed by atoms with E-state index in [1.54, 1.807) is 31.2 Å². The Bertz CT molecular complexity index is 1120. The molecule has 10 heteroatoms. The summed E-state index contributed by atoms with van der Waals surface area (Å²) in [5.74, 6) is -0.845. The van der Waals surface area contributed by atoms with Crippen LogP contribution in [0.1, 0.15) is 34.8 Å². The van der Waals surface area contributed by atoms with Gasteiger partial charge in [-0.1, -0.05) is 12.1 Å². The molecule has 0 aliphatic heterocycles. The summed E-state index contributed by atoms with van der Waals surface area (Å²) in [4.78, 5) is 33.7. The number of carbonyl (C=O) groups is 2. The Morgan fingerprint density at radius 2 is 1.77 bits per heavy atom. The fourth-order valence-corrected chi connectivity index (χ4v) is 2.52. The molecule has 158 valence electrons. The van der Waals surface area contributed by atoms with Crippen molar-refractivity contribution in [3.63, 3.8) is 0 Å². The first-order valence-corrected chi connectivity index (χ1v) is 9.02. The number of nitro groups is 1. The van der Waals surface area contributed by atoms with Crippen LogP contribution in [-0.4, -0.2) is 34.2 Å². The molecule has 0 N–H and O–H groups in total. The van der Waals surface area contributed by atoms with E-state index in [2.05, 4.69) is 14.9 Å². The van der Waals surface area contributed by atoms with Gasteiger partial charge in [-0.2, -0.15) is 0 Å². The number of ether oxygens (including phenoxy) is 2. The molecule has 1 aromatic heterocycles. The highest BCUT2D eigenvalue weighted by molar-refractivity contribution is 5.90. The van der Waals surface area contributed by atoms with Crippen LogP contribution >= 0.6 is 0 Å². The molecule has 0 amide bonds. The maximum atomic E-state index is 12.1. The Kier molecular flexibility index (Phi) is 6.51. The Morgan fingerprint density at radius 1 is 1.10 bits per heavy atom. The highest BCUT2D eigenvalue weighted by Gasteiger charge is 2.18. The van der Waals surface area contributed by atoms with Crippen molar-refractivity contribution < 1.29 is 28.4 Å². The highest BCUT2D eigenvalue weighted by atomic mass is 16.6.